The van der Waals surface area contributed by atoms with Crippen LogP contribution in [0.5, 0.6) is 11.5 Å². The topological polar surface area (TPSA) is 84.9 Å². The maximum Gasteiger partial charge on any atom is 0.329 e. The van der Waals surface area contributed by atoms with Gasteiger partial charge in [-0.15, -0.1) is 0 Å². The van der Waals surface area contributed by atoms with E-state index in [-0.39, 0.29) is 0 Å². The van der Waals surface area contributed by atoms with Crippen LogP contribution in [-0.2, 0) is 4.79 Å². The first-order valence-electron chi connectivity index (χ1n) is 6.66. The molecule has 1 aromatic carbocycles. The number of carbonyl (C=O) groups is 2. The zero-order valence-corrected chi connectivity index (χ0v) is 12.7. The molecule has 116 valence electrons. The van der Waals surface area contributed by atoms with E-state index in [1.54, 1.807) is 12.1 Å². The highest BCUT2D eigenvalue weighted by Crippen LogP contribution is 2.27. The predicted octanol–water partition coefficient (Wildman–Crippen LogP) is 2.08. The first-order valence-corrected chi connectivity index (χ1v) is 6.66. The summed E-state index contributed by atoms with van der Waals surface area (Å²) >= 11 is 0. The van der Waals surface area contributed by atoms with Crippen LogP contribution >= 0.6 is 0 Å². The molecule has 0 radical (unpaired) electrons. The van der Waals surface area contributed by atoms with Gasteiger partial charge in [0.05, 0.1) is 14.2 Å². The quantitative estimate of drug-likeness (QED) is 0.804. The molecule has 1 atom stereocenters. The molecule has 6 heteroatoms. The fourth-order valence-corrected chi connectivity index (χ4v) is 2.02. The number of aliphatic carboxylic acids is 1. The van der Waals surface area contributed by atoms with E-state index in [0.717, 1.165) is 0 Å². The molecular formula is C15H21NO5. The van der Waals surface area contributed by atoms with Crippen molar-refractivity contribution < 1.29 is 24.2 Å². The Morgan fingerprint density at radius 3 is 2.33 bits per heavy atom. The maximum absolute atomic E-state index is 12.2. The summed E-state index contributed by atoms with van der Waals surface area (Å²) in [6.07, 6.45) is 0.996. The summed E-state index contributed by atoms with van der Waals surface area (Å²) < 4.78 is 10.2. The molecule has 21 heavy (non-hydrogen) atoms. The second kappa shape index (κ2) is 6.97. The zero-order chi connectivity index (χ0) is 16.0. The van der Waals surface area contributed by atoms with Gasteiger partial charge >= 0.3 is 5.97 Å². The van der Waals surface area contributed by atoms with Crippen LogP contribution in [0.2, 0.25) is 0 Å². The van der Waals surface area contributed by atoms with Gasteiger partial charge in [0.1, 0.15) is 5.54 Å². The summed E-state index contributed by atoms with van der Waals surface area (Å²) in [6, 6.07) is 4.68. The largest absolute Gasteiger partial charge is 0.493 e. The number of carboxylic acids is 1. The van der Waals surface area contributed by atoms with Crippen LogP contribution in [0.4, 0.5) is 0 Å². The van der Waals surface area contributed by atoms with E-state index in [4.69, 9.17) is 9.47 Å². The number of nitrogens with one attached hydrogen (secondary N) is 1. The van der Waals surface area contributed by atoms with Crippen LogP contribution in [0.25, 0.3) is 0 Å². The van der Waals surface area contributed by atoms with Gasteiger partial charge in [0, 0.05) is 5.56 Å². The number of rotatable bonds is 7. The predicted molar refractivity (Wildman–Crippen MR) is 78.0 cm³/mol. The highest BCUT2D eigenvalue weighted by Gasteiger charge is 2.34. The second-order valence-electron chi connectivity index (χ2n) is 4.91. The van der Waals surface area contributed by atoms with Crippen LogP contribution in [0.1, 0.15) is 37.0 Å². The van der Waals surface area contributed by atoms with Crippen molar-refractivity contribution in [2.24, 2.45) is 0 Å². The van der Waals surface area contributed by atoms with Crippen molar-refractivity contribution in [3.8, 4) is 11.5 Å². The number of amides is 1. The third-order valence-corrected chi connectivity index (χ3v) is 3.26. The summed E-state index contributed by atoms with van der Waals surface area (Å²) in [7, 11) is 2.97. The fraction of sp³-hybridized carbons (Fsp3) is 0.467. The molecule has 0 spiro atoms. The van der Waals surface area contributed by atoms with Crippen molar-refractivity contribution in [1.29, 1.82) is 0 Å². The van der Waals surface area contributed by atoms with Gasteiger partial charge in [-0.3, -0.25) is 4.79 Å². The molecule has 1 rings (SSSR count). The Balaban J connectivity index is 3.00. The normalized spacial score (nSPS) is 13.1. The lowest BCUT2D eigenvalue weighted by atomic mass is 9.95. The third-order valence-electron chi connectivity index (χ3n) is 3.26. The smallest absolute Gasteiger partial charge is 0.329 e. The van der Waals surface area contributed by atoms with Gasteiger partial charge in [-0.05, 0) is 31.5 Å². The van der Waals surface area contributed by atoms with E-state index in [1.807, 2.05) is 6.92 Å². The number of methoxy groups -OCH3 is 2. The molecule has 0 fully saturated rings. The van der Waals surface area contributed by atoms with Gasteiger partial charge in [-0.25, -0.2) is 4.79 Å². The zero-order valence-electron chi connectivity index (χ0n) is 12.7. The number of hydrogen-bond donors (Lipinski definition) is 2. The van der Waals surface area contributed by atoms with E-state index in [0.29, 0.717) is 29.9 Å². The first-order chi connectivity index (χ1) is 9.87. The van der Waals surface area contributed by atoms with Crippen LogP contribution in [0.3, 0.4) is 0 Å². The van der Waals surface area contributed by atoms with Crippen molar-refractivity contribution >= 4 is 11.9 Å². The van der Waals surface area contributed by atoms with Gasteiger partial charge in [0.15, 0.2) is 11.5 Å². The number of hydrogen-bond acceptors (Lipinski definition) is 4. The van der Waals surface area contributed by atoms with E-state index >= 15 is 0 Å². The molecular weight excluding hydrogens is 274 g/mol. The minimum Gasteiger partial charge on any atom is -0.493 e. The van der Waals surface area contributed by atoms with Crippen molar-refractivity contribution in [3.63, 3.8) is 0 Å². The molecule has 0 aliphatic heterocycles. The Bertz CT molecular complexity index is 529. The van der Waals surface area contributed by atoms with Crippen molar-refractivity contribution in [1.82, 2.24) is 5.32 Å². The lowest BCUT2D eigenvalue weighted by molar-refractivity contribution is -0.144. The van der Waals surface area contributed by atoms with E-state index < -0.39 is 17.4 Å². The number of benzene rings is 1. The lowest BCUT2D eigenvalue weighted by Crippen LogP contribution is -2.52. The number of carboxylic acid groups (broad SMARTS) is 1. The minimum absolute atomic E-state index is 0.316. The van der Waals surface area contributed by atoms with Gasteiger partial charge in [-0.1, -0.05) is 13.3 Å². The van der Waals surface area contributed by atoms with Gasteiger partial charge in [-0.2, -0.15) is 0 Å². The monoisotopic (exact) mass is 295 g/mol. The summed E-state index contributed by atoms with van der Waals surface area (Å²) in [4.78, 5) is 23.6. The van der Waals surface area contributed by atoms with Crippen LogP contribution in [0, 0.1) is 0 Å². The lowest BCUT2D eigenvalue weighted by Gasteiger charge is -2.25. The molecule has 0 bridgehead atoms. The Morgan fingerprint density at radius 1 is 1.24 bits per heavy atom. The molecule has 1 unspecified atom stereocenters. The SMILES string of the molecule is CCCC(C)(NC(=O)c1ccc(OC)c(OC)c1)C(=O)O. The Morgan fingerprint density at radius 2 is 1.86 bits per heavy atom. The summed E-state index contributed by atoms with van der Waals surface area (Å²) in [5.41, 5.74) is -0.977. The van der Waals surface area contributed by atoms with Gasteiger partial charge < -0.3 is 19.9 Å². The van der Waals surface area contributed by atoms with Gasteiger partial charge in [0.2, 0.25) is 0 Å². The van der Waals surface area contributed by atoms with E-state index in [1.165, 1.54) is 27.2 Å². The molecule has 0 aromatic heterocycles. The molecule has 0 aliphatic carbocycles. The fourth-order valence-electron chi connectivity index (χ4n) is 2.02. The molecule has 6 nitrogen and oxygen atoms in total. The third kappa shape index (κ3) is 3.87. The Labute approximate surface area is 124 Å². The molecule has 0 saturated carbocycles. The molecule has 0 heterocycles. The standard InChI is InChI=1S/C15H21NO5/c1-5-8-15(2,14(18)19)16-13(17)10-6-7-11(20-3)12(9-10)21-4/h6-7,9H,5,8H2,1-4H3,(H,16,17)(H,18,19). The minimum atomic E-state index is -1.29. The average molecular weight is 295 g/mol. The van der Waals surface area contributed by atoms with Crippen molar-refractivity contribution in [2.45, 2.75) is 32.2 Å². The summed E-state index contributed by atoms with van der Waals surface area (Å²) in [6.45, 7) is 3.36. The molecule has 2 N–H and O–H groups in total. The van der Waals surface area contributed by atoms with Crippen molar-refractivity contribution in [2.75, 3.05) is 14.2 Å². The molecule has 1 amide bonds. The average Bonchev–Trinajstić information content (AvgIpc) is 2.46. The number of carbonyl (C=O) groups excluding carboxylic acids is 1. The molecule has 0 aliphatic rings. The summed E-state index contributed by atoms with van der Waals surface area (Å²) in [5, 5.41) is 11.8. The Hall–Kier alpha value is -2.24. The molecule has 1 aromatic rings. The summed E-state index contributed by atoms with van der Waals surface area (Å²) in [5.74, 6) is -0.603. The maximum atomic E-state index is 12.2. The van der Waals surface area contributed by atoms with Crippen LogP contribution < -0.4 is 14.8 Å². The van der Waals surface area contributed by atoms with E-state index in [2.05, 4.69) is 5.32 Å². The second-order valence-corrected chi connectivity index (χ2v) is 4.91. The highest BCUT2D eigenvalue weighted by molar-refractivity contribution is 5.98. The van der Waals surface area contributed by atoms with Gasteiger partial charge in [0.25, 0.3) is 5.91 Å². The van der Waals surface area contributed by atoms with E-state index in [9.17, 15) is 14.7 Å². The van der Waals surface area contributed by atoms with Crippen LogP contribution in [-0.4, -0.2) is 36.7 Å². The Kier molecular flexibility index (Phi) is 5.58. The number of ether oxygens (including phenoxy) is 2. The highest BCUT2D eigenvalue weighted by atomic mass is 16.5. The first kappa shape index (κ1) is 16.8. The van der Waals surface area contributed by atoms with Crippen LogP contribution in [0.15, 0.2) is 18.2 Å². The molecule has 0 saturated heterocycles. The van der Waals surface area contributed by atoms with Crippen molar-refractivity contribution in [3.05, 3.63) is 23.8 Å².